The number of phenols is 1. The number of rotatable bonds is 4. The Balaban J connectivity index is 1.89. The van der Waals surface area contributed by atoms with Crippen LogP contribution in [0.25, 0.3) is 0 Å². The van der Waals surface area contributed by atoms with Gasteiger partial charge in [0.2, 0.25) is 5.91 Å². The first kappa shape index (κ1) is 13.6. The molecule has 0 fully saturated rings. The van der Waals surface area contributed by atoms with Crippen LogP contribution in [0.3, 0.4) is 0 Å². The second kappa shape index (κ2) is 6.39. The monoisotopic (exact) mass is 266 g/mol. The zero-order valence-corrected chi connectivity index (χ0v) is 10.8. The minimum absolute atomic E-state index is 0.0548. The lowest BCUT2D eigenvalue weighted by Crippen LogP contribution is -2.12. The molecule has 2 aromatic carbocycles. The van der Waals surface area contributed by atoms with Crippen LogP contribution in [-0.2, 0) is 11.2 Å². The summed E-state index contributed by atoms with van der Waals surface area (Å²) in [7, 11) is 0. The standard InChI is InChI=1S/C16H14N2O2/c17-11-13-7-5-12(6-8-13)9-10-16(20)18-14-3-1-2-4-15(14)19/h1-8,19H,9-10H2,(H,18,20). The van der Waals surface area contributed by atoms with Gasteiger partial charge >= 0.3 is 0 Å². The fraction of sp³-hybridized carbons (Fsp3) is 0.125. The summed E-state index contributed by atoms with van der Waals surface area (Å²) in [6, 6.07) is 15.8. The van der Waals surface area contributed by atoms with E-state index in [0.29, 0.717) is 24.1 Å². The predicted octanol–water partition coefficient (Wildman–Crippen LogP) is 2.84. The van der Waals surface area contributed by atoms with Crippen LogP contribution in [0.2, 0.25) is 0 Å². The molecular weight excluding hydrogens is 252 g/mol. The first-order chi connectivity index (χ1) is 9.69. The molecule has 0 bridgehead atoms. The second-order valence-corrected chi connectivity index (χ2v) is 4.37. The Bertz CT molecular complexity index is 642. The van der Waals surface area contributed by atoms with Crippen molar-refractivity contribution in [1.29, 1.82) is 5.26 Å². The fourth-order valence-corrected chi connectivity index (χ4v) is 1.80. The number of aromatic hydroxyl groups is 1. The molecule has 0 aliphatic rings. The minimum atomic E-state index is -0.157. The molecule has 0 aliphatic heterocycles. The summed E-state index contributed by atoms with van der Waals surface area (Å²) < 4.78 is 0. The summed E-state index contributed by atoms with van der Waals surface area (Å²) >= 11 is 0. The number of nitrogens with one attached hydrogen (secondary N) is 1. The third kappa shape index (κ3) is 3.59. The average molecular weight is 266 g/mol. The predicted molar refractivity (Wildman–Crippen MR) is 76.2 cm³/mol. The second-order valence-electron chi connectivity index (χ2n) is 4.37. The third-order valence-electron chi connectivity index (χ3n) is 2.90. The van der Waals surface area contributed by atoms with Gasteiger partial charge in [-0.3, -0.25) is 4.79 Å². The van der Waals surface area contributed by atoms with Gasteiger partial charge in [-0.05, 0) is 36.2 Å². The molecule has 2 aromatic rings. The van der Waals surface area contributed by atoms with Crippen LogP contribution in [0.5, 0.6) is 5.75 Å². The van der Waals surface area contributed by atoms with Gasteiger partial charge in [-0.25, -0.2) is 0 Å². The van der Waals surface area contributed by atoms with Gasteiger partial charge in [-0.15, -0.1) is 0 Å². The number of benzene rings is 2. The summed E-state index contributed by atoms with van der Waals surface area (Å²) in [6.07, 6.45) is 0.908. The molecule has 0 aromatic heterocycles. The van der Waals surface area contributed by atoms with E-state index in [-0.39, 0.29) is 11.7 Å². The van der Waals surface area contributed by atoms with Crippen molar-refractivity contribution in [3.05, 3.63) is 59.7 Å². The molecule has 0 spiro atoms. The highest BCUT2D eigenvalue weighted by molar-refractivity contribution is 5.92. The van der Waals surface area contributed by atoms with Crippen LogP contribution in [-0.4, -0.2) is 11.0 Å². The molecular formula is C16H14N2O2. The number of hydrogen-bond acceptors (Lipinski definition) is 3. The van der Waals surface area contributed by atoms with Crippen molar-refractivity contribution in [1.82, 2.24) is 0 Å². The number of hydrogen-bond donors (Lipinski definition) is 2. The lowest BCUT2D eigenvalue weighted by atomic mass is 10.1. The molecule has 0 heterocycles. The third-order valence-corrected chi connectivity index (χ3v) is 2.90. The van der Waals surface area contributed by atoms with Crippen LogP contribution >= 0.6 is 0 Å². The zero-order valence-electron chi connectivity index (χ0n) is 10.8. The first-order valence-corrected chi connectivity index (χ1v) is 6.26. The van der Waals surface area contributed by atoms with Gasteiger partial charge in [-0.1, -0.05) is 24.3 Å². The van der Waals surface area contributed by atoms with E-state index in [1.54, 1.807) is 30.3 Å². The van der Waals surface area contributed by atoms with E-state index in [9.17, 15) is 9.90 Å². The molecule has 4 nitrogen and oxygen atoms in total. The summed E-state index contributed by atoms with van der Waals surface area (Å²) in [5.74, 6) is -0.102. The summed E-state index contributed by atoms with van der Waals surface area (Å²) in [5, 5.41) is 20.9. The number of amides is 1. The van der Waals surface area contributed by atoms with Crippen molar-refractivity contribution < 1.29 is 9.90 Å². The molecule has 2 rings (SSSR count). The maximum atomic E-state index is 11.8. The topological polar surface area (TPSA) is 73.1 Å². The SMILES string of the molecule is N#Cc1ccc(CCC(=O)Nc2ccccc2O)cc1. The molecule has 100 valence electrons. The average Bonchev–Trinajstić information content (AvgIpc) is 2.48. The smallest absolute Gasteiger partial charge is 0.224 e. The van der Waals surface area contributed by atoms with Crippen LogP contribution in [0, 0.1) is 11.3 Å². The van der Waals surface area contributed by atoms with Gasteiger partial charge in [0.05, 0.1) is 17.3 Å². The highest BCUT2D eigenvalue weighted by Crippen LogP contribution is 2.21. The van der Waals surface area contributed by atoms with Gasteiger partial charge in [0.1, 0.15) is 5.75 Å². The molecule has 0 saturated carbocycles. The number of aryl methyl sites for hydroxylation is 1. The molecule has 0 atom stereocenters. The first-order valence-electron chi connectivity index (χ1n) is 6.26. The minimum Gasteiger partial charge on any atom is -0.506 e. The van der Waals surface area contributed by atoms with Crippen molar-refractivity contribution in [2.45, 2.75) is 12.8 Å². The quantitative estimate of drug-likeness (QED) is 0.836. The van der Waals surface area contributed by atoms with Crippen molar-refractivity contribution in [2.75, 3.05) is 5.32 Å². The zero-order chi connectivity index (χ0) is 14.4. The van der Waals surface area contributed by atoms with Crippen LogP contribution in [0.4, 0.5) is 5.69 Å². The van der Waals surface area contributed by atoms with E-state index in [1.165, 1.54) is 6.07 Å². The van der Waals surface area contributed by atoms with E-state index >= 15 is 0 Å². The number of para-hydroxylation sites is 2. The number of carbonyl (C=O) groups excluding carboxylic acids is 1. The Kier molecular flexibility index (Phi) is 4.35. The lowest BCUT2D eigenvalue weighted by molar-refractivity contribution is -0.116. The van der Waals surface area contributed by atoms with Crippen molar-refractivity contribution in [3.8, 4) is 11.8 Å². The Morgan fingerprint density at radius 2 is 1.85 bits per heavy atom. The van der Waals surface area contributed by atoms with E-state index in [4.69, 9.17) is 5.26 Å². The van der Waals surface area contributed by atoms with Crippen molar-refractivity contribution in [3.63, 3.8) is 0 Å². The number of phenolic OH excluding ortho intramolecular Hbond substituents is 1. The molecule has 1 amide bonds. The van der Waals surface area contributed by atoms with Gasteiger partial charge in [0, 0.05) is 6.42 Å². The maximum Gasteiger partial charge on any atom is 0.224 e. The Morgan fingerprint density at radius 3 is 2.50 bits per heavy atom. The summed E-state index contributed by atoms with van der Waals surface area (Å²) in [4.78, 5) is 11.8. The molecule has 0 unspecified atom stereocenters. The number of anilines is 1. The van der Waals surface area contributed by atoms with Crippen LogP contribution < -0.4 is 5.32 Å². The molecule has 20 heavy (non-hydrogen) atoms. The van der Waals surface area contributed by atoms with Gasteiger partial charge < -0.3 is 10.4 Å². The lowest BCUT2D eigenvalue weighted by Gasteiger charge is -2.07. The Morgan fingerprint density at radius 1 is 1.15 bits per heavy atom. The van der Waals surface area contributed by atoms with E-state index < -0.39 is 0 Å². The van der Waals surface area contributed by atoms with Crippen LogP contribution in [0.15, 0.2) is 48.5 Å². The Labute approximate surface area is 117 Å². The molecule has 4 heteroatoms. The molecule has 0 aliphatic carbocycles. The van der Waals surface area contributed by atoms with Gasteiger partial charge in [0.25, 0.3) is 0 Å². The van der Waals surface area contributed by atoms with Crippen LogP contribution in [0.1, 0.15) is 17.5 Å². The van der Waals surface area contributed by atoms with E-state index in [1.807, 2.05) is 12.1 Å². The molecule has 0 radical (unpaired) electrons. The number of carbonyl (C=O) groups is 1. The normalized spacial score (nSPS) is 9.75. The summed E-state index contributed by atoms with van der Waals surface area (Å²) in [5.41, 5.74) is 2.01. The van der Waals surface area contributed by atoms with E-state index in [2.05, 4.69) is 11.4 Å². The number of nitrogens with zero attached hydrogens (tertiary/aromatic N) is 1. The highest BCUT2D eigenvalue weighted by atomic mass is 16.3. The largest absolute Gasteiger partial charge is 0.506 e. The fourth-order valence-electron chi connectivity index (χ4n) is 1.80. The Hall–Kier alpha value is -2.80. The number of nitriles is 1. The van der Waals surface area contributed by atoms with E-state index in [0.717, 1.165) is 5.56 Å². The maximum absolute atomic E-state index is 11.8. The van der Waals surface area contributed by atoms with Crippen molar-refractivity contribution in [2.24, 2.45) is 0 Å². The van der Waals surface area contributed by atoms with Crippen molar-refractivity contribution >= 4 is 11.6 Å². The summed E-state index contributed by atoms with van der Waals surface area (Å²) in [6.45, 7) is 0. The molecule has 0 saturated heterocycles. The molecule has 2 N–H and O–H groups in total. The van der Waals surface area contributed by atoms with Gasteiger partial charge in [0.15, 0.2) is 0 Å². The highest BCUT2D eigenvalue weighted by Gasteiger charge is 2.06. The van der Waals surface area contributed by atoms with Gasteiger partial charge in [-0.2, -0.15) is 5.26 Å².